The number of esters is 1. The van der Waals surface area contributed by atoms with Crippen molar-refractivity contribution in [1.82, 2.24) is 15.8 Å². The Morgan fingerprint density at radius 2 is 2.39 bits per heavy atom. The van der Waals surface area contributed by atoms with Crippen LogP contribution in [0.4, 0.5) is 0 Å². The van der Waals surface area contributed by atoms with Crippen molar-refractivity contribution >= 4 is 11.9 Å². The van der Waals surface area contributed by atoms with Crippen LogP contribution in [0.15, 0.2) is 29.1 Å². The predicted molar refractivity (Wildman–Crippen MR) is 62.6 cm³/mol. The van der Waals surface area contributed by atoms with Crippen LogP contribution < -0.4 is 10.6 Å². The van der Waals surface area contributed by atoms with Crippen molar-refractivity contribution in [2.45, 2.75) is 13.0 Å². The standard InChI is InChI=1S/C11H15N3O4/c1-3-5-12-7-8(11(16)17-2)14-10(15)9-4-6-13-18-9/h3-6,8,12H,7H2,1-2H3,(H,14,15)/b5-3-/t8-/m0/s1. The maximum Gasteiger partial charge on any atom is 0.330 e. The van der Waals surface area contributed by atoms with Gasteiger partial charge in [-0.3, -0.25) is 4.79 Å². The summed E-state index contributed by atoms with van der Waals surface area (Å²) in [7, 11) is 1.26. The number of amides is 1. The van der Waals surface area contributed by atoms with Crippen LogP contribution in [0.25, 0.3) is 0 Å². The molecule has 0 fully saturated rings. The van der Waals surface area contributed by atoms with Crippen LogP contribution in [0.5, 0.6) is 0 Å². The molecule has 1 amide bonds. The van der Waals surface area contributed by atoms with Gasteiger partial charge < -0.3 is 19.9 Å². The van der Waals surface area contributed by atoms with Crippen LogP contribution in [0.2, 0.25) is 0 Å². The van der Waals surface area contributed by atoms with E-state index >= 15 is 0 Å². The molecule has 7 nitrogen and oxygen atoms in total. The van der Waals surface area contributed by atoms with Gasteiger partial charge in [0.2, 0.25) is 5.76 Å². The molecule has 0 aromatic carbocycles. The number of aromatic nitrogens is 1. The molecule has 0 unspecified atom stereocenters. The zero-order valence-corrected chi connectivity index (χ0v) is 10.2. The van der Waals surface area contributed by atoms with Crippen molar-refractivity contribution in [2.24, 2.45) is 0 Å². The molecular formula is C11H15N3O4. The van der Waals surface area contributed by atoms with E-state index in [4.69, 9.17) is 0 Å². The van der Waals surface area contributed by atoms with Crippen molar-refractivity contribution in [3.8, 4) is 0 Å². The molecule has 1 aromatic heterocycles. The lowest BCUT2D eigenvalue weighted by Gasteiger charge is -2.15. The zero-order chi connectivity index (χ0) is 13.4. The van der Waals surface area contributed by atoms with Gasteiger partial charge in [0.1, 0.15) is 6.04 Å². The third kappa shape index (κ3) is 3.93. The molecule has 0 spiro atoms. The summed E-state index contributed by atoms with van der Waals surface area (Å²) in [6.07, 6.45) is 4.78. The molecular weight excluding hydrogens is 238 g/mol. The molecule has 1 rings (SSSR count). The summed E-state index contributed by atoms with van der Waals surface area (Å²) in [5.41, 5.74) is 0. The molecule has 18 heavy (non-hydrogen) atoms. The summed E-state index contributed by atoms with van der Waals surface area (Å²) in [5, 5.41) is 8.76. The van der Waals surface area contributed by atoms with E-state index in [0.29, 0.717) is 0 Å². The number of nitrogens with zero attached hydrogens (tertiary/aromatic N) is 1. The highest BCUT2D eigenvalue weighted by molar-refractivity contribution is 5.94. The smallest absolute Gasteiger partial charge is 0.330 e. The molecule has 0 aliphatic carbocycles. The van der Waals surface area contributed by atoms with Gasteiger partial charge in [-0.2, -0.15) is 0 Å². The Labute approximate surface area is 104 Å². The van der Waals surface area contributed by atoms with E-state index in [9.17, 15) is 9.59 Å². The second-order valence-corrected chi connectivity index (χ2v) is 3.33. The Morgan fingerprint density at radius 3 is 2.94 bits per heavy atom. The zero-order valence-electron chi connectivity index (χ0n) is 10.2. The van der Waals surface area contributed by atoms with Crippen molar-refractivity contribution in [2.75, 3.05) is 13.7 Å². The molecule has 0 bridgehead atoms. The van der Waals surface area contributed by atoms with Gasteiger partial charge in [-0.15, -0.1) is 0 Å². The Hall–Kier alpha value is -2.31. The van der Waals surface area contributed by atoms with Gasteiger partial charge in [-0.1, -0.05) is 11.2 Å². The van der Waals surface area contributed by atoms with Crippen LogP contribution in [-0.4, -0.2) is 36.7 Å². The van der Waals surface area contributed by atoms with Gasteiger partial charge >= 0.3 is 5.97 Å². The van der Waals surface area contributed by atoms with Crippen molar-refractivity contribution < 1.29 is 18.8 Å². The highest BCUT2D eigenvalue weighted by Crippen LogP contribution is 1.98. The number of nitrogens with one attached hydrogen (secondary N) is 2. The lowest BCUT2D eigenvalue weighted by molar-refractivity contribution is -0.142. The molecule has 2 N–H and O–H groups in total. The van der Waals surface area contributed by atoms with E-state index in [-0.39, 0.29) is 12.3 Å². The van der Waals surface area contributed by atoms with E-state index in [0.717, 1.165) is 0 Å². The van der Waals surface area contributed by atoms with E-state index in [2.05, 4.69) is 25.1 Å². The Balaban J connectivity index is 2.60. The van der Waals surface area contributed by atoms with Gasteiger partial charge in [0.05, 0.1) is 13.3 Å². The minimum absolute atomic E-state index is 0.0370. The maximum absolute atomic E-state index is 11.7. The first kappa shape index (κ1) is 13.8. The second-order valence-electron chi connectivity index (χ2n) is 3.33. The fourth-order valence-corrected chi connectivity index (χ4v) is 1.20. The number of carbonyl (C=O) groups excluding carboxylic acids is 2. The molecule has 0 aliphatic heterocycles. The molecule has 0 aliphatic rings. The van der Waals surface area contributed by atoms with E-state index < -0.39 is 17.9 Å². The molecule has 0 saturated carbocycles. The third-order valence-electron chi connectivity index (χ3n) is 2.06. The monoisotopic (exact) mass is 253 g/mol. The summed E-state index contributed by atoms with van der Waals surface area (Å²) < 4.78 is 9.28. The highest BCUT2D eigenvalue weighted by Gasteiger charge is 2.22. The first-order valence-corrected chi connectivity index (χ1v) is 5.33. The van der Waals surface area contributed by atoms with Gasteiger partial charge in [0.15, 0.2) is 0 Å². The fourth-order valence-electron chi connectivity index (χ4n) is 1.20. The lowest BCUT2D eigenvalue weighted by Crippen LogP contribution is -2.46. The number of rotatable bonds is 6. The van der Waals surface area contributed by atoms with Crippen molar-refractivity contribution in [1.29, 1.82) is 0 Å². The predicted octanol–water partition coefficient (Wildman–Crippen LogP) is 0.0692. The average molecular weight is 253 g/mol. The fraction of sp³-hybridized carbons (Fsp3) is 0.364. The molecule has 1 heterocycles. The normalized spacial score (nSPS) is 12.1. The summed E-state index contributed by atoms with van der Waals surface area (Å²) in [6, 6.07) is 0.604. The van der Waals surface area contributed by atoms with Crippen LogP contribution in [-0.2, 0) is 9.53 Å². The van der Waals surface area contributed by atoms with Crippen LogP contribution in [0.3, 0.4) is 0 Å². The van der Waals surface area contributed by atoms with Crippen LogP contribution >= 0.6 is 0 Å². The van der Waals surface area contributed by atoms with Gasteiger partial charge in [-0.25, -0.2) is 4.79 Å². The molecule has 1 aromatic rings. The topological polar surface area (TPSA) is 93.5 Å². The average Bonchev–Trinajstić information content (AvgIpc) is 2.90. The molecule has 7 heteroatoms. The largest absolute Gasteiger partial charge is 0.467 e. The maximum atomic E-state index is 11.7. The first-order chi connectivity index (χ1) is 8.69. The SMILES string of the molecule is C/C=C\NC[C@H](NC(=O)c1ccno1)C(=O)OC. The van der Waals surface area contributed by atoms with Crippen molar-refractivity contribution in [3.63, 3.8) is 0 Å². The second kappa shape index (κ2) is 7.10. The quantitative estimate of drug-likeness (QED) is 0.697. The van der Waals surface area contributed by atoms with Gasteiger partial charge in [0.25, 0.3) is 5.91 Å². The van der Waals surface area contributed by atoms with E-state index in [1.54, 1.807) is 12.3 Å². The minimum atomic E-state index is -0.802. The number of hydrogen-bond donors (Lipinski definition) is 2. The van der Waals surface area contributed by atoms with Gasteiger partial charge in [-0.05, 0) is 13.1 Å². The van der Waals surface area contributed by atoms with E-state index in [1.165, 1.54) is 19.4 Å². The third-order valence-corrected chi connectivity index (χ3v) is 2.06. The number of hydrogen-bond acceptors (Lipinski definition) is 6. The Kier molecular flexibility index (Phi) is 5.43. The van der Waals surface area contributed by atoms with Crippen LogP contribution in [0, 0.1) is 0 Å². The van der Waals surface area contributed by atoms with Crippen LogP contribution in [0.1, 0.15) is 17.5 Å². The van der Waals surface area contributed by atoms with Crippen molar-refractivity contribution in [3.05, 3.63) is 30.3 Å². The summed E-state index contributed by atoms with van der Waals surface area (Å²) in [4.78, 5) is 23.1. The molecule has 0 saturated heterocycles. The number of ether oxygens (including phenoxy) is 1. The number of allylic oxidation sites excluding steroid dienone is 1. The van der Waals surface area contributed by atoms with Gasteiger partial charge in [0, 0.05) is 12.6 Å². The molecule has 0 radical (unpaired) electrons. The summed E-state index contributed by atoms with van der Waals surface area (Å²) in [6.45, 7) is 2.05. The summed E-state index contributed by atoms with van der Waals surface area (Å²) in [5.74, 6) is -1.03. The first-order valence-electron chi connectivity index (χ1n) is 5.33. The number of methoxy groups -OCH3 is 1. The number of carbonyl (C=O) groups is 2. The minimum Gasteiger partial charge on any atom is -0.467 e. The Morgan fingerprint density at radius 1 is 1.61 bits per heavy atom. The van der Waals surface area contributed by atoms with E-state index in [1.807, 2.05) is 6.92 Å². The lowest BCUT2D eigenvalue weighted by atomic mass is 10.2. The Bertz CT molecular complexity index is 414. The molecule has 98 valence electrons. The highest BCUT2D eigenvalue weighted by atomic mass is 16.5. The molecule has 1 atom stereocenters. The summed E-state index contributed by atoms with van der Waals surface area (Å²) >= 11 is 0.